The van der Waals surface area contributed by atoms with Crippen LogP contribution in [0.3, 0.4) is 0 Å². The third-order valence-corrected chi connectivity index (χ3v) is 10.1. The van der Waals surface area contributed by atoms with Gasteiger partial charge in [0.05, 0.1) is 25.9 Å². The molecule has 1 saturated heterocycles. The number of H-pyrrole nitrogens is 2. The summed E-state index contributed by atoms with van der Waals surface area (Å²) in [6, 6.07) is 11.8. The van der Waals surface area contributed by atoms with Crippen molar-refractivity contribution in [1.82, 2.24) is 25.1 Å². The van der Waals surface area contributed by atoms with Crippen molar-refractivity contribution in [3.63, 3.8) is 0 Å². The number of amides is 2. The predicted octanol–water partition coefficient (Wildman–Crippen LogP) is 2.96. The van der Waals surface area contributed by atoms with Crippen LogP contribution in [0.1, 0.15) is 23.0 Å². The standard InChI is InChI=1S/C27H24Br2N8O2/c1-35-23(39)27(37(3)25(35)31)20(16-10-32-18-8-12(28)4-6-14(16)18)26(22(38)34-24(30)36(26)2)21(27)17-11-33-19-9-13(29)5-7-15(17)19/h4-11,20-21,31-33H,1-3H3,(H2,30,34,38)/p+1/t20-,21+,26?,27?. The van der Waals surface area contributed by atoms with E-state index in [1.807, 2.05) is 60.4 Å². The number of guanidine groups is 2. The molecule has 4 heterocycles. The van der Waals surface area contributed by atoms with Gasteiger partial charge in [-0.2, -0.15) is 0 Å². The Bertz CT molecular complexity index is 1730. The molecule has 2 amide bonds. The van der Waals surface area contributed by atoms with Gasteiger partial charge in [-0.1, -0.05) is 44.0 Å². The van der Waals surface area contributed by atoms with Gasteiger partial charge < -0.3 is 14.9 Å². The van der Waals surface area contributed by atoms with Gasteiger partial charge >= 0.3 is 11.9 Å². The van der Waals surface area contributed by atoms with Gasteiger partial charge in [0.2, 0.25) is 5.54 Å². The molecule has 0 bridgehead atoms. The van der Waals surface area contributed by atoms with Crippen molar-refractivity contribution >= 4 is 77.4 Å². The van der Waals surface area contributed by atoms with Gasteiger partial charge in [0.25, 0.3) is 5.91 Å². The van der Waals surface area contributed by atoms with E-state index in [0.29, 0.717) is 5.96 Å². The molecule has 1 aliphatic carbocycles. The van der Waals surface area contributed by atoms with Gasteiger partial charge in [-0.05, 0) is 35.4 Å². The average molecular weight is 653 g/mol. The second kappa shape index (κ2) is 7.72. The zero-order valence-electron chi connectivity index (χ0n) is 21.3. The number of aromatic amines is 2. The lowest BCUT2D eigenvalue weighted by Crippen LogP contribution is -2.81. The SMILES string of the molecule is CN1C(=O)C2([C@H](c3c[nH]c4cc(Br)ccc34)C3(C(=O)NC(=N)N3C)[C@@H]2c2c[nH]c3cc(Br)ccc23)[N+](C)=C1N. The summed E-state index contributed by atoms with van der Waals surface area (Å²) in [5.74, 6) is -1.54. The number of hydrogen-bond donors (Lipinski definition) is 5. The minimum atomic E-state index is -1.28. The molecule has 2 unspecified atom stereocenters. The van der Waals surface area contributed by atoms with E-state index in [2.05, 4.69) is 47.1 Å². The first-order chi connectivity index (χ1) is 18.6. The second-order valence-electron chi connectivity index (χ2n) is 10.5. The first-order valence-corrected chi connectivity index (χ1v) is 14.0. The lowest BCUT2D eigenvalue weighted by atomic mass is 9.42. The smallest absolute Gasteiger partial charge is 0.353 e. The molecule has 2 spiro atoms. The highest BCUT2D eigenvalue weighted by molar-refractivity contribution is 9.10. The van der Waals surface area contributed by atoms with Crippen LogP contribution in [0, 0.1) is 5.41 Å². The molecule has 1 saturated carbocycles. The highest BCUT2D eigenvalue weighted by Gasteiger charge is 2.87. The van der Waals surface area contributed by atoms with E-state index in [4.69, 9.17) is 11.1 Å². The lowest BCUT2D eigenvalue weighted by molar-refractivity contribution is -0.593. The summed E-state index contributed by atoms with van der Waals surface area (Å²) in [4.78, 5) is 38.6. The maximum absolute atomic E-state index is 14.5. The summed E-state index contributed by atoms with van der Waals surface area (Å²) >= 11 is 7.08. The molecule has 0 radical (unpaired) electrons. The Kier molecular flexibility index (Phi) is 4.83. The maximum Gasteiger partial charge on any atom is 0.353 e. The summed E-state index contributed by atoms with van der Waals surface area (Å²) < 4.78 is 3.65. The summed E-state index contributed by atoms with van der Waals surface area (Å²) in [5, 5.41) is 13.2. The molecule has 2 aromatic heterocycles. The number of nitrogens with two attached hydrogens (primary N) is 1. The van der Waals surface area contributed by atoms with Crippen molar-refractivity contribution in [1.29, 1.82) is 5.41 Å². The van der Waals surface area contributed by atoms with Crippen molar-refractivity contribution < 1.29 is 14.2 Å². The largest absolute Gasteiger partial charge is 0.361 e. The quantitative estimate of drug-likeness (QED) is 0.213. The first kappa shape index (κ1) is 24.4. The Morgan fingerprint density at radius 2 is 1.46 bits per heavy atom. The monoisotopic (exact) mass is 651 g/mol. The Balaban J connectivity index is 1.61. The number of benzene rings is 2. The van der Waals surface area contributed by atoms with Crippen LogP contribution in [0.4, 0.5) is 0 Å². The van der Waals surface area contributed by atoms with Crippen molar-refractivity contribution in [3.05, 3.63) is 68.9 Å². The van der Waals surface area contributed by atoms with E-state index < -0.39 is 22.9 Å². The topological polar surface area (TPSA) is 137 Å². The van der Waals surface area contributed by atoms with Crippen molar-refractivity contribution in [2.24, 2.45) is 5.73 Å². The van der Waals surface area contributed by atoms with Crippen LogP contribution in [0.15, 0.2) is 57.7 Å². The summed E-state index contributed by atoms with van der Waals surface area (Å²) in [7, 11) is 5.24. The number of hydrogen-bond acceptors (Lipinski definition) is 4. The molecule has 7 rings (SSSR count). The molecule has 3 aliphatic rings. The fraction of sp³-hybridized carbons (Fsp3) is 0.259. The van der Waals surface area contributed by atoms with Crippen LogP contribution in [0.5, 0.6) is 0 Å². The molecule has 4 atom stereocenters. The minimum Gasteiger partial charge on any atom is -0.361 e. The number of fused-ring (bicyclic) bond motifs is 2. The Hall–Kier alpha value is -3.64. The van der Waals surface area contributed by atoms with Gasteiger partial charge in [-0.25, -0.2) is 9.48 Å². The van der Waals surface area contributed by atoms with E-state index in [1.54, 1.807) is 19.0 Å². The number of nitrogens with one attached hydrogen (secondary N) is 4. The Labute approximate surface area is 240 Å². The van der Waals surface area contributed by atoms with Crippen LogP contribution in [0.25, 0.3) is 21.8 Å². The fourth-order valence-electron chi connectivity index (χ4n) is 7.42. The summed E-state index contributed by atoms with van der Waals surface area (Å²) in [6.45, 7) is 0. The van der Waals surface area contributed by atoms with E-state index in [9.17, 15) is 9.59 Å². The molecule has 2 aromatic carbocycles. The van der Waals surface area contributed by atoms with Crippen LogP contribution in [-0.2, 0) is 9.59 Å². The summed E-state index contributed by atoms with van der Waals surface area (Å²) in [5.41, 5.74) is 7.40. The van der Waals surface area contributed by atoms with E-state index in [0.717, 1.165) is 41.9 Å². The molecular weight excluding hydrogens is 628 g/mol. The molecule has 12 heteroatoms. The summed E-state index contributed by atoms with van der Waals surface area (Å²) in [6.07, 6.45) is 3.76. The van der Waals surface area contributed by atoms with Gasteiger partial charge in [-0.15, -0.1) is 0 Å². The van der Waals surface area contributed by atoms with Crippen LogP contribution >= 0.6 is 31.9 Å². The number of carbonyl (C=O) groups excluding carboxylic acids is 2. The minimum absolute atomic E-state index is 0.00609. The van der Waals surface area contributed by atoms with E-state index in [-0.39, 0.29) is 17.8 Å². The van der Waals surface area contributed by atoms with E-state index in [1.165, 1.54) is 4.90 Å². The van der Waals surface area contributed by atoms with Crippen molar-refractivity contribution in [2.75, 3.05) is 21.1 Å². The maximum atomic E-state index is 14.5. The second-order valence-corrected chi connectivity index (χ2v) is 12.4. The Morgan fingerprint density at radius 3 is 1.87 bits per heavy atom. The molecular formula is C27H25Br2N8O2+. The van der Waals surface area contributed by atoms with Crippen molar-refractivity contribution in [2.45, 2.75) is 22.9 Å². The van der Waals surface area contributed by atoms with Gasteiger partial charge in [-0.3, -0.25) is 26.0 Å². The highest BCUT2D eigenvalue weighted by atomic mass is 79.9. The van der Waals surface area contributed by atoms with Gasteiger partial charge in [0, 0.05) is 50.2 Å². The van der Waals surface area contributed by atoms with E-state index >= 15 is 0 Å². The number of carbonyl (C=O) groups is 2. The van der Waals surface area contributed by atoms with Crippen LogP contribution in [0.2, 0.25) is 0 Å². The zero-order chi connectivity index (χ0) is 27.6. The zero-order valence-corrected chi connectivity index (χ0v) is 24.4. The van der Waals surface area contributed by atoms with Gasteiger partial charge in [0.1, 0.15) is 5.54 Å². The number of likely N-dealkylation sites (N-methyl/N-ethyl adjacent to an activating group) is 3. The molecule has 4 aromatic rings. The van der Waals surface area contributed by atoms with Gasteiger partial charge in [0.15, 0.2) is 5.96 Å². The number of rotatable bonds is 2. The lowest BCUT2D eigenvalue weighted by Gasteiger charge is -2.63. The predicted molar refractivity (Wildman–Crippen MR) is 155 cm³/mol. The first-order valence-electron chi connectivity index (χ1n) is 12.4. The number of nitrogens with zero attached hydrogens (tertiary/aromatic N) is 3. The van der Waals surface area contributed by atoms with Crippen LogP contribution < -0.4 is 11.1 Å². The third kappa shape index (κ3) is 2.66. The molecule has 2 fully saturated rings. The molecule has 39 heavy (non-hydrogen) atoms. The van der Waals surface area contributed by atoms with Crippen molar-refractivity contribution in [3.8, 4) is 0 Å². The van der Waals surface area contributed by atoms with Crippen LogP contribution in [-0.4, -0.2) is 80.3 Å². The highest BCUT2D eigenvalue weighted by Crippen LogP contribution is 2.69. The normalized spacial score (nSPS) is 28.6. The third-order valence-electron chi connectivity index (χ3n) is 9.11. The number of halogens is 2. The molecule has 198 valence electrons. The average Bonchev–Trinajstić information content (AvgIpc) is 3.59. The molecule has 6 N–H and O–H groups in total. The fourth-order valence-corrected chi connectivity index (χ4v) is 8.14. The molecule has 2 aliphatic heterocycles. The molecule has 10 nitrogen and oxygen atoms in total. The Morgan fingerprint density at radius 1 is 0.949 bits per heavy atom. The number of aromatic nitrogens is 2.